The van der Waals surface area contributed by atoms with E-state index in [-0.39, 0.29) is 23.6 Å². The first-order valence-electron chi connectivity index (χ1n) is 5.91. The number of rotatable bonds is 5. The molecule has 1 aromatic carbocycles. The van der Waals surface area contributed by atoms with E-state index in [9.17, 15) is 8.78 Å². The number of hydrogen-bond acceptors (Lipinski definition) is 6. The Morgan fingerprint density at radius 2 is 1.90 bits per heavy atom. The van der Waals surface area contributed by atoms with Gasteiger partial charge in [0, 0.05) is 13.1 Å². The molecule has 106 valence electrons. The molecule has 2 N–H and O–H groups in total. The molecule has 0 spiro atoms. The smallest absolute Gasteiger partial charge is 0.323 e. The lowest BCUT2D eigenvalue weighted by Gasteiger charge is -2.09. The summed E-state index contributed by atoms with van der Waals surface area (Å²) in [6.07, 6.45) is 0. The van der Waals surface area contributed by atoms with Gasteiger partial charge >= 0.3 is 6.01 Å². The molecule has 0 amide bonds. The van der Waals surface area contributed by atoms with Gasteiger partial charge in [0.1, 0.15) is 11.6 Å². The zero-order valence-electron chi connectivity index (χ0n) is 10.9. The number of nitrogens with zero attached hydrogens (tertiary/aromatic N) is 3. The van der Waals surface area contributed by atoms with Crippen molar-refractivity contribution in [1.82, 2.24) is 15.0 Å². The molecule has 20 heavy (non-hydrogen) atoms. The zero-order valence-corrected chi connectivity index (χ0v) is 10.9. The Hall–Kier alpha value is -2.51. The van der Waals surface area contributed by atoms with Crippen molar-refractivity contribution in [2.75, 3.05) is 24.3 Å². The van der Waals surface area contributed by atoms with Crippen LogP contribution in [0.5, 0.6) is 6.01 Å². The molecule has 1 heterocycles. The van der Waals surface area contributed by atoms with Crippen LogP contribution in [-0.4, -0.2) is 28.6 Å². The molecular weight excluding hydrogens is 268 g/mol. The van der Waals surface area contributed by atoms with Crippen LogP contribution < -0.4 is 15.4 Å². The summed E-state index contributed by atoms with van der Waals surface area (Å²) in [5, 5.41) is 5.39. The van der Waals surface area contributed by atoms with Gasteiger partial charge < -0.3 is 15.4 Å². The summed E-state index contributed by atoms with van der Waals surface area (Å²) in [5.74, 6) is -1.03. The predicted octanol–water partition coefficient (Wildman–Crippen LogP) is 2.33. The van der Waals surface area contributed by atoms with Gasteiger partial charge in [-0.15, -0.1) is 0 Å². The van der Waals surface area contributed by atoms with Gasteiger partial charge in [-0.05, 0) is 19.1 Å². The first kappa shape index (κ1) is 13.9. The van der Waals surface area contributed by atoms with Gasteiger partial charge in [0.15, 0.2) is 0 Å². The second-order valence-corrected chi connectivity index (χ2v) is 3.70. The lowest BCUT2D eigenvalue weighted by atomic mass is 10.3. The van der Waals surface area contributed by atoms with Crippen molar-refractivity contribution in [3.05, 3.63) is 29.8 Å². The van der Waals surface area contributed by atoms with Crippen LogP contribution in [0.1, 0.15) is 6.92 Å². The second-order valence-electron chi connectivity index (χ2n) is 3.70. The maximum atomic E-state index is 13.5. The van der Waals surface area contributed by atoms with Crippen molar-refractivity contribution in [2.24, 2.45) is 0 Å². The normalized spacial score (nSPS) is 10.2. The molecule has 0 saturated carbocycles. The quantitative estimate of drug-likeness (QED) is 0.876. The molecule has 6 nitrogen and oxygen atoms in total. The van der Waals surface area contributed by atoms with Crippen LogP contribution in [0.4, 0.5) is 26.4 Å². The molecule has 0 radical (unpaired) electrons. The fourth-order valence-corrected chi connectivity index (χ4v) is 1.43. The van der Waals surface area contributed by atoms with Crippen LogP contribution in [0.2, 0.25) is 0 Å². The minimum absolute atomic E-state index is 0.0575. The molecule has 1 aromatic heterocycles. The maximum Gasteiger partial charge on any atom is 0.323 e. The fourth-order valence-electron chi connectivity index (χ4n) is 1.43. The van der Waals surface area contributed by atoms with Crippen molar-refractivity contribution in [1.29, 1.82) is 0 Å². The Morgan fingerprint density at radius 1 is 1.15 bits per heavy atom. The first-order chi connectivity index (χ1) is 9.62. The van der Waals surface area contributed by atoms with Crippen LogP contribution in [0.3, 0.4) is 0 Å². The lowest BCUT2D eigenvalue weighted by molar-refractivity contribution is 0.312. The fraction of sp³-hybridized carbons (Fsp3) is 0.250. The number of aromatic nitrogens is 3. The SMILES string of the molecule is CCOc1nc(NC)nc(Nc2ccc(F)cc2F)n1. The van der Waals surface area contributed by atoms with Gasteiger partial charge in [0.2, 0.25) is 11.9 Å². The van der Waals surface area contributed by atoms with E-state index in [1.54, 1.807) is 14.0 Å². The van der Waals surface area contributed by atoms with Crippen molar-refractivity contribution in [3.8, 4) is 6.01 Å². The van der Waals surface area contributed by atoms with Crippen LogP contribution in [0.15, 0.2) is 18.2 Å². The molecule has 2 aromatic rings. The third-order valence-electron chi connectivity index (χ3n) is 2.29. The van der Waals surface area contributed by atoms with Crippen LogP contribution >= 0.6 is 0 Å². The Kier molecular flexibility index (Phi) is 4.24. The zero-order chi connectivity index (χ0) is 14.5. The number of hydrogen-bond donors (Lipinski definition) is 2. The minimum Gasteiger partial charge on any atom is -0.464 e. The van der Waals surface area contributed by atoms with Crippen molar-refractivity contribution in [3.63, 3.8) is 0 Å². The lowest BCUT2D eigenvalue weighted by Crippen LogP contribution is -2.07. The highest BCUT2D eigenvalue weighted by molar-refractivity contribution is 5.55. The van der Waals surface area contributed by atoms with Gasteiger partial charge in [-0.3, -0.25) is 0 Å². The van der Waals surface area contributed by atoms with Crippen molar-refractivity contribution in [2.45, 2.75) is 6.92 Å². The summed E-state index contributed by atoms with van der Waals surface area (Å²) in [5.41, 5.74) is 0.0575. The van der Waals surface area contributed by atoms with Crippen LogP contribution in [0, 0.1) is 11.6 Å². The summed E-state index contributed by atoms with van der Waals surface area (Å²) in [7, 11) is 1.63. The van der Waals surface area contributed by atoms with E-state index in [4.69, 9.17) is 4.74 Å². The second kappa shape index (κ2) is 6.09. The monoisotopic (exact) mass is 281 g/mol. The molecule has 0 aliphatic carbocycles. The third-order valence-corrected chi connectivity index (χ3v) is 2.29. The highest BCUT2D eigenvalue weighted by atomic mass is 19.1. The summed E-state index contributed by atoms with van der Waals surface area (Å²) in [6.45, 7) is 2.17. The highest BCUT2D eigenvalue weighted by Gasteiger charge is 2.09. The first-order valence-corrected chi connectivity index (χ1v) is 5.91. The molecule has 8 heteroatoms. The largest absolute Gasteiger partial charge is 0.464 e. The van der Waals surface area contributed by atoms with Gasteiger partial charge in [0.05, 0.1) is 12.3 Å². The third kappa shape index (κ3) is 3.28. The summed E-state index contributed by atoms with van der Waals surface area (Å²) in [4.78, 5) is 12.0. The standard InChI is InChI=1S/C12H13F2N5O/c1-3-20-12-18-10(15-2)17-11(19-12)16-9-5-4-7(13)6-8(9)14/h4-6H,3H2,1-2H3,(H2,15,16,17,18,19). The van der Waals surface area contributed by atoms with Gasteiger partial charge in [-0.1, -0.05) is 0 Å². The van der Waals surface area contributed by atoms with Gasteiger partial charge in [0.25, 0.3) is 0 Å². The topological polar surface area (TPSA) is 72.0 Å². The summed E-state index contributed by atoms with van der Waals surface area (Å²) < 4.78 is 31.6. The van der Waals surface area contributed by atoms with E-state index in [1.807, 2.05) is 0 Å². The molecule has 0 unspecified atom stereocenters. The van der Waals surface area contributed by atoms with Crippen molar-refractivity contribution < 1.29 is 13.5 Å². The molecule has 0 atom stereocenters. The highest BCUT2D eigenvalue weighted by Crippen LogP contribution is 2.20. The maximum absolute atomic E-state index is 13.5. The molecule has 0 aliphatic rings. The van der Waals surface area contributed by atoms with E-state index in [0.29, 0.717) is 6.61 Å². The number of ether oxygens (including phenoxy) is 1. The van der Waals surface area contributed by atoms with E-state index in [2.05, 4.69) is 25.6 Å². The molecule has 0 fully saturated rings. The summed E-state index contributed by atoms with van der Waals surface area (Å²) in [6, 6.07) is 3.27. The van der Waals surface area contributed by atoms with Crippen LogP contribution in [-0.2, 0) is 0 Å². The molecular formula is C12H13F2N5O. The molecule has 0 aliphatic heterocycles. The number of anilines is 3. The average Bonchev–Trinajstić information content (AvgIpc) is 2.42. The average molecular weight is 281 g/mol. The molecule has 0 bridgehead atoms. The Labute approximate surface area is 114 Å². The molecule has 0 saturated heterocycles. The Balaban J connectivity index is 2.29. The Bertz CT molecular complexity index is 608. The van der Waals surface area contributed by atoms with E-state index < -0.39 is 11.6 Å². The van der Waals surface area contributed by atoms with E-state index >= 15 is 0 Å². The number of nitrogens with one attached hydrogen (secondary N) is 2. The number of halogens is 2. The summed E-state index contributed by atoms with van der Waals surface area (Å²) >= 11 is 0. The van der Waals surface area contributed by atoms with Gasteiger partial charge in [-0.2, -0.15) is 15.0 Å². The van der Waals surface area contributed by atoms with Gasteiger partial charge in [-0.25, -0.2) is 8.78 Å². The molecule has 2 rings (SSSR count). The van der Waals surface area contributed by atoms with Crippen molar-refractivity contribution >= 4 is 17.6 Å². The van der Waals surface area contributed by atoms with Crippen LogP contribution in [0.25, 0.3) is 0 Å². The van der Waals surface area contributed by atoms with E-state index in [0.717, 1.165) is 12.1 Å². The number of benzene rings is 1. The van der Waals surface area contributed by atoms with E-state index in [1.165, 1.54) is 6.07 Å². The minimum atomic E-state index is -0.741. The Morgan fingerprint density at radius 3 is 2.55 bits per heavy atom. The predicted molar refractivity (Wildman–Crippen MR) is 70.2 cm³/mol.